The van der Waals surface area contributed by atoms with Gasteiger partial charge in [0.1, 0.15) is 29.5 Å². The second kappa shape index (κ2) is 16.3. The number of carbonyl (C=O) groups excluding carboxylic acids is 6. The van der Waals surface area contributed by atoms with E-state index < -0.39 is 118 Å². The number of Topliss-reactive ketones (excluding diaryl/α,β-unsaturated/α-hetero) is 1. The van der Waals surface area contributed by atoms with E-state index in [1.54, 1.807) is 83.1 Å². The van der Waals surface area contributed by atoms with Crippen LogP contribution in [0.3, 0.4) is 0 Å². The highest BCUT2D eigenvalue weighted by molar-refractivity contribution is 5.95. The van der Waals surface area contributed by atoms with E-state index in [2.05, 4.69) is 5.32 Å². The largest absolute Gasteiger partial charge is 0.456 e. The maximum atomic E-state index is 15.5. The zero-order valence-electron chi connectivity index (χ0n) is 35.8. The molecular formula is C45H55NO15. The van der Waals surface area contributed by atoms with E-state index in [1.165, 1.54) is 26.0 Å². The molecule has 61 heavy (non-hydrogen) atoms. The summed E-state index contributed by atoms with van der Waals surface area (Å²) in [6, 6.07) is 14.5. The number of rotatable bonds is 9. The van der Waals surface area contributed by atoms with Gasteiger partial charge in [0, 0.05) is 32.1 Å². The summed E-state index contributed by atoms with van der Waals surface area (Å²) in [6.07, 6.45) is -11.5. The molecule has 2 aromatic carbocycles. The number of ketones is 1. The lowest BCUT2D eigenvalue weighted by Gasteiger charge is -2.67. The number of hydrogen-bond donors (Lipinski definition) is 4. The van der Waals surface area contributed by atoms with Crippen LogP contribution in [-0.2, 0) is 47.6 Å². The average Bonchev–Trinajstić information content (AvgIpc) is 3.17. The molecule has 0 aromatic heterocycles. The maximum Gasteiger partial charge on any atom is 0.408 e. The van der Waals surface area contributed by atoms with Gasteiger partial charge in [-0.25, -0.2) is 14.4 Å². The van der Waals surface area contributed by atoms with Crippen LogP contribution in [-0.4, -0.2) is 111 Å². The Bertz CT molecular complexity index is 2100. The maximum absolute atomic E-state index is 15.5. The molecule has 16 heteroatoms. The third-order valence-corrected chi connectivity index (χ3v) is 12.8. The first-order chi connectivity index (χ1) is 28.4. The topological polar surface area (TPSA) is 231 Å². The molecule has 3 fully saturated rings. The van der Waals surface area contributed by atoms with Crippen LogP contribution in [0.15, 0.2) is 71.8 Å². The molecular weight excluding hydrogens is 794 g/mol. The molecule has 1 saturated heterocycles. The Kier molecular flexibility index (Phi) is 12.1. The summed E-state index contributed by atoms with van der Waals surface area (Å²) in [6.45, 7) is 12.9. The van der Waals surface area contributed by atoms with E-state index in [4.69, 9.17) is 28.4 Å². The lowest BCUT2D eigenvalue weighted by molar-refractivity contribution is -0.346. The minimum absolute atomic E-state index is 0.0126. The minimum atomic E-state index is -2.40. The molecule has 6 rings (SSSR count). The molecule has 0 radical (unpaired) electrons. The molecule has 1 aliphatic heterocycles. The van der Waals surface area contributed by atoms with Crippen LogP contribution in [0.2, 0.25) is 0 Å². The molecule has 330 valence electrons. The lowest BCUT2D eigenvalue weighted by Crippen LogP contribution is -2.82. The van der Waals surface area contributed by atoms with Crippen molar-refractivity contribution in [2.75, 3.05) is 6.61 Å². The predicted molar refractivity (Wildman–Crippen MR) is 213 cm³/mol. The van der Waals surface area contributed by atoms with Gasteiger partial charge in [-0.2, -0.15) is 0 Å². The van der Waals surface area contributed by atoms with Gasteiger partial charge in [0.25, 0.3) is 0 Å². The fraction of sp³-hybridized carbons (Fsp3) is 0.556. The van der Waals surface area contributed by atoms with Crippen molar-refractivity contribution in [3.63, 3.8) is 0 Å². The molecule has 2 bridgehead atoms. The summed E-state index contributed by atoms with van der Waals surface area (Å²) in [5.41, 5.74) is -8.30. The van der Waals surface area contributed by atoms with Crippen molar-refractivity contribution in [2.45, 2.75) is 135 Å². The molecule has 4 N–H and O–H groups in total. The normalized spacial score (nSPS) is 32.5. The molecule has 1 amide bonds. The summed E-state index contributed by atoms with van der Waals surface area (Å²) < 4.78 is 35.6. The van der Waals surface area contributed by atoms with E-state index in [1.807, 2.05) is 0 Å². The Morgan fingerprint density at radius 2 is 1.51 bits per heavy atom. The van der Waals surface area contributed by atoms with Crippen LogP contribution < -0.4 is 5.32 Å². The van der Waals surface area contributed by atoms with Gasteiger partial charge < -0.3 is 49.1 Å². The summed E-state index contributed by atoms with van der Waals surface area (Å²) in [4.78, 5) is 82.9. The van der Waals surface area contributed by atoms with Crippen molar-refractivity contribution in [1.82, 2.24) is 5.32 Å². The van der Waals surface area contributed by atoms with Crippen molar-refractivity contribution >= 4 is 35.8 Å². The molecule has 4 aliphatic rings. The third-order valence-electron chi connectivity index (χ3n) is 12.8. The second-order valence-corrected chi connectivity index (χ2v) is 18.2. The van der Waals surface area contributed by atoms with Gasteiger partial charge in [-0.05, 0) is 63.5 Å². The van der Waals surface area contributed by atoms with Gasteiger partial charge in [0.05, 0.1) is 35.6 Å². The van der Waals surface area contributed by atoms with Gasteiger partial charge >= 0.3 is 30.0 Å². The Morgan fingerprint density at radius 3 is 2.05 bits per heavy atom. The number of amides is 1. The van der Waals surface area contributed by atoms with Crippen LogP contribution in [0, 0.1) is 16.7 Å². The van der Waals surface area contributed by atoms with Gasteiger partial charge in [0.15, 0.2) is 23.6 Å². The predicted octanol–water partition coefficient (Wildman–Crippen LogP) is 3.83. The molecule has 0 spiro atoms. The Labute approximate surface area is 353 Å². The van der Waals surface area contributed by atoms with Crippen LogP contribution in [0.1, 0.15) is 97.1 Å². The molecule has 11 atom stereocenters. The molecule has 2 saturated carbocycles. The van der Waals surface area contributed by atoms with E-state index in [0.29, 0.717) is 5.56 Å². The van der Waals surface area contributed by atoms with Gasteiger partial charge in [-0.15, -0.1) is 0 Å². The number of carbonyl (C=O) groups is 6. The zero-order valence-corrected chi connectivity index (χ0v) is 35.8. The van der Waals surface area contributed by atoms with E-state index in [0.717, 1.165) is 13.8 Å². The lowest BCUT2D eigenvalue weighted by atomic mass is 9.44. The number of alkyl carbamates (subject to hydrolysis) is 1. The van der Waals surface area contributed by atoms with Crippen molar-refractivity contribution in [3.8, 4) is 0 Å². The molecule has 16 nitrogen and oxygen atoms in total. The minimum Gasteiger partial charge on any atom is -0.456 e. The zero-order chi connectivity index (χ0) is 45.0. The van der Waals surface area contributed by atoms with Crippen LogP contribution in [0.5, 0.6) is 0 Å². The number of hydrogen-bond acceptors (Lipinski definition) is 15. The smallest absolute Gasteiger partial charge is 0.408 e. The first kappa shape index (κ1) is 45.4. The van der Waals surface area contributed by atoms with E-state index in [9.17, 15) is 39.3 Å². The van der Waals surface area contributed by atoms with Gasteiger partial charge in [-0.3, -0.25) is 14.4 Å². The Morgan fingerprint density at radius 1 is 0.902 bits per heavy atom. The average molecular weight is 850 g/mol. The van der Waals surface area contributed by atoms with Crippen LogP contribution in [0.4, 0.5) is 4.79 Å². The standard InChI is InChI=1S/C45H55NO15/c1-23-28(58-39(53)33(50)32(26-16-12-10-13-17-26)46-40(54)61-41(4,5)6)21-45(55)37(59-38(52)27-18-14-11-15-19-27)35-43(9,29(49)20-30-44(35,22-56-30)60-25(3)48)36(51)34(57-24(2)47)31(23)42(45,7)8/h10-19,28-30,32-35,37,49-50,55H,20-22H2,1-9H3,(H,46,54)/t28-,29+,30-,32+,33+,34-,35+,37-,43+,44+,45-/m0/s1. The first-order valence-electron chi connectivity index (χ1n) is 20.2. The van der Waals surface area contributed by atoms with Gasteiger partial charge in [0.2, 0.25) is 0 Å². The monoisotopic (exact) mass is 849 g/mol. The SMILES string of the molecule is CC(=O)O[C@@H]1C(=O)[C@]2(C)[C@H](O)C[C@@H]3OC[C@]3(OC(C)=O)[C@@H]2[C@H](OC(=O)c2ccccc2)[C@@]2(O)C[C@H](OC(=O)[C@H](O)[C@H](NC(=O)OC(C)(C)C)c3ccccc3)C(C)=C1C2(C)C. The molecule has 0 unspecified atom stereocenters. The van der Waals surface area contributed by atoms with E-state index in [-0.39, 0.29) is 29.7 Å². The highest BCUT2D eigenvalue weighted by atomic mass is 16.6. The number of aliphatic hydroxyl groups is 3. The third kappa shape index (κ3) is 7.94. The fourth-order valence-corrected chi connectivity index (χ4v) is 9.80. The van der Waals surface area contributed by atoms with Crippen LogP contribution in [0.25, 0.3) is 0 Å². The number of benzene rings is 2. The van der Waals surface area contributed by atoms with Crippen molar-refractivity contribution in [3.05, 3.63) is 82.9 Å². The molecule has 2 aromatic rings. The molecule has 1 heterocycles. The highest BCUT2D eigenvalue weighted by Crippen LogP contribution is 2.64. The quantitative estimate of drug-likeness (QED) is 0.160. The number of esters is 4. The Balaban J connectivity index is 1.54. The number of aliphatic hydroxyl groups excluding tert-OH is 2. The number of nitrogens with one attached hydrogen (secondary N) is 1. The van der Waals surface area contributed by atoms with Crippen molar-refractivity contribution in [1.29, 1.82) is 0 Å². The second-order valence-electron chi connectivity index (χ2n) is 18.2. The van der Waals surface area contributed by atoms with Gasteiger partial charge in [-0.1, -0.05) is 62.4 Å². The van der Waals surface area contributed by atoms with Crippen molar-refractivity contribution < 1.29 is 72.5 Å². The summed E-state index contributed by atoms with van der Waals surface area (Å²) >= 11 is 0. The number of ether oxygens (including phenoxy) is 6. The molecule has 3 aliphatic carbocycles. The summed E-state index contributed by atoms with van der Waals surface area (Å²) in [5.74, 6) is -6.30. The first-order valence-corrected chi connectivity index (χ1v) is 20.2. The summed E-state index contributed by atoms with van der Waals surface area (Å²) in [5, 5.41) is 39.9. The number of fused-ring (bicyclic) bond motifs is 5. The summed E-state index contributed by atoms with van der Waals surface area (Å²) in [7, 11) is 0. The highest BCUT2D eigenvalue weighted by Gasteiger charge is 2.78. The fourth-order valence-electron chi connectivity index (χ4n) is 9.80. The van der Waals surface area contributed by atoms with E-state index >= 15 is 4.79 Å². The van der Waals surface area contributed by atoms with Crippen molar-refractivity contribution in [2.24, 2.45) is 16.7 Å². The Hall–Kier alpha value is -5.16. The van der Waals surface area contributed by atoms with Crippen LogP contribution >= 0.6 is 0 Å².